The lowest BCUT2D eigenvalue weighted by molar-refractivity contribution is 0.415. The van der Waals surface area contributed by atoms with Crippen LogP contribution >= 0.6 is 0 Å². The number of nitrogens with zero attached hydrogens (tertiary/aromatic N) is 2. The predicted molar refractivity (Wildman–Crippen MR) is 97.9 cm³/mol. The van der Waals surface area contributed by atoms with Gasteiger partial charge in [-0.05, 0) is 36.6 Å². The van der Waals surface area contributed by atoms with Crippen LogP contribution in [0.2, 0.25) is 0 Å². The van der Waals surface area contributed by atoms with Gasteiger partial charge in [-0.25, -0.2) is 4.98 Å². The van der Waals surface area contributed by atoms with Crippen molar-refractivity contribution in [3.05, 3.63) is 48.5 Å². The van der Waals surface area contributed by atoms with Crippen LogP contribution in [0.1, 0.15) is 6.42 Å². The lowest BCUT2D eigenvalue weighted by atomic mass is 10.1. The molecule has 0 aliphatic carbocycles. The summed E-state index contributed by atoms with van der Waals surface area (Å²) in [5.41, 5.74) is 3.31. The van der Waals surface area contributed by atoms with Crippen LogP contribution in [0.5, 0.6) is 5.75 Å². The standard InChI is InChI=1S/C19H22N4O/c1-24-16-6-4-5-15(11-16)23-10-9-14(13-23)12-20-19-21-17-7-2-3-8-18(17)22-19/h2-8,11,14H,9-10,12-13H2,1H3,(H2,20,21,22). The second-order valence-electron chi connectivity index (χ2n) is 6.29. The molecule has 1 aliphatic rings. The lowest BCUT2D eigenvalue weighted by Gasteiger charge is -2.19. The van der Waals surface area contributed by atoms with Gasteiger partial charge in [0.05, 0.1) is 18.1 Å². The Morgan fingerprint density at radius 2 is 2.17 bits per heavy atom. The zero-order chi connectivity index (χ0) is 16.4. The van der Waals surface area contributed by atoms with Gasteiger partial charge < -0.3 is 19.9 Å². The SMILES string of the molecule is COc1cccc(N2CCC(CNc3nc4ccccc4[nH]3)C2)c1. The number of para-hydroxylation sites is 2. The minimum Gasteiger partial charge on any atom is -0.497 e. The quantitative estimate of drug-likeness (QED) is 0.755. The third-order valence-electron chi connectivity index (χ3n) is 4.65. The highest BCUT2D eigenvalue weighted by Crippen LogP contribution is 2.27. The second-order valence-corrected chi connectivity index (χ2v) is 6.29. The Kier molecular flexibility index (Phi) is 3.99. The van der Waals surface area contributed by atoms with E-state index in [1.807, 2.05) is 36.4 Å². The maximum atomic E-state index is 5.32. The number of nitrogens with one attached hydrogen (secondary N) is 2. The largest absolute Gasteiger partial charge is 0.497 e. The van der Waals surface area contributed by atoms with E-state index in [0.29, 0.717) is 5.92 Å². The Labute approximate surface area is 141 Å². The Morgan fingerprint density at radius 3 is 3.04 bits per heavy atom. The van der Waals surface area contributed by atoms with Crippen LogP contribution in [0, 0.1) is 5.92 Å². The maximum absolute atomic E-state index is 5.32. The predicted octanol–water partition coefficient (Wildman–Crippen LogP) is 3.51. The highest BCUT2D eigenvalue weighted by atomic mass is 16.5. The van der Waals surface area contributed by atoms with Gasteiger partial charge in [0.2, 0.25) is 5.95 Å². The summed E-state index contributed by atoms with van der Waals surface area (Å²) in [5.74, 6) is 2.39. The van der Waals surface area contributed by atoms with Gasteiger partial charge in [0.1, 0.15) is 5.75 Å². The topological polar surface area (TPSA) is 53.2 Å². The first-order valence-electron chi connectivity index (χ1n) is 8.39. The minimum atomic E-state index is 0.615. The highest BCUT2D eigenvalue weighted by Gasteiger charge is 2.23. The van der Waals surface area contributed by atoms with Crippen molar-refractivity contribution in [3.63, 3.8) is 0 Å². The van der Waals surface area contributed by atoms with Crippen molar-refractivity contribution in [1.29, 1.82) is 0 Å². The molecule has 5 nitrogen and oxygen atoms in total. The molecule has 0 spiro atoms. The number of methoxy groups -OCH3 is 1. The van der Waals surface area contributed by atoms with Gasteiger partial charge in [-0.3, -0.25) is 0 Å². The number of imidazole rings is 1. The van der Waals surface area contributed by atoms with Crippen LogP contribution in [0.25, 0.3) is 11.0 Å². The molecule has 124 valence electrons. The third-order valence-corrected chi connectivity index (χ3v) is 4.65. The van der Waals surface area contributed by atoms with Crippen molar-refractivity contribution in [1.82, 2.24) is 9.97 Å². The van der Waals surface area contributed by atoms with E-state index in [9.17, 15) is 0 Å². The Hall–Kier alpha value is -2.69. The van der Waals surface area contributed by atoms with Crippen molar-refractivity contribution in [3.8, 4) is 5.75 Å². The number of hydrogen-bond donors (Lipinski definition) is 2. The Balaban J connectivity index is 1.36. The van der Waals surface area contributed by atoms with Gasteiger partial charge >= 0.3 is 0 Å². The zero-order valence-corrected chi connectivity index (χ0v) is 13.8. The molecule has 1 aliphatic heterocycles. The second kappa shape index (κ2) is 6.43. The molecule has 5 heteroatoms. The van der Waals surface area contributed by atoms with Crippen molar-refractivity contribution in [2.24, 2.45) is 5.92 Å². The van der Waals surface area contributed by atoms with E-state index in [-0.39, 0.29) is 0 Å². The number of fused-ring (bicyclic) bond motifs is 1. The molecule has 1 fully saturated rings. The van der Waals surface area contributed by atoms with Crippen molar-refractivity contribution >= 4 is 22.7 Å². The van der Waals surface area contributed by atoms with Crippen LogP contribution in [-0.2, 0) is 0 Å². The molecule has 1 aromatic heterocycles. The normalized spacial score (nSPS) is 17.4. The van der Waals surface area contributed by atoms with Crippen LogP contribution < -0.4 is 15.0 Å². The molecule has 4 rings (SSSR count). The van der Waals surface area contributed by atoms with Crippen LogP contribution in [0.4, 0.5) is 11.6 Å². The smallest absolute Gasteiger partial charge is 0.201 e. The molecule has 3 aromatic rings. The maximum Gasteiger partial charge on any atom is 0.201 e. The van der Waals surface area contributed by atoms with E-state index in [2.05, 4.69) is 32.3 Å². The molecule has 1 unspecified atom stereocenters. The monoisotopic (exact) mass is 322 g/mol. The summed E-state index contributed by atoms with van der Waals surface area (Å²) in [6.45, 7) is 3.07. The summed E-state index contributed by atoms with van der Waals surface area (Å²) in [5, 5.41) is 3.45. The van der Waals surface area contributed by atoms with E-state index in [0.717, 1.165) is 42.4 Å². The van der Waals surface area contributed by atoms with E-state index in [1.165, 1.54) is 12.1 Å². The fraction of sp³-hybridized carbons (Fsp3) is 0.316. The van der Waals surface area contributed by atoms with Gasteiger partial charge in [0.25, 0.3) is 0 Å². The molecule has 0 saturated carbocycles. The molecule has 1 saturated heterocycles. The number of ether oxygens (including phenoxy) is 1. The van der Waals surface area contributed by atoms with Crippen LogP contribution in [-0.4, -0.2) is 36.7 Å². The first-order chi connectivity index (χ1) is 11.8. The van der Waals surface area contributed by atoms with E-state index >= 15 is 0 Å². The van der Waals surface area contributed by atoms with Gasteiger partial charge in [-0.15, -0.1) is 0 Å². The first kappa shape index (κ1) is 14.9. The van der Waals surface area contributed by atoms with Crippen LogP contribution in [0.15, 0.2) is 48.5 Å². The molecule has 0 amide bonds. The number of anilines is 2. The first-order valence-corrected chi connectivity index (χ1v) is 8.39. The fourth-order valence-corrected chi connectivity index (χ4v) is 3.32. The Morgan fingerprint density at radius 1 is 1.25 bits per heavy atom. The van der Waals surface area contributed by atoms with E-state index < -0.39 is 0 Å². The molecular formula is C19H22N4O. The summed E-state index contributed by atoms with van der Waals surface area (Å²) >= 11 is 0. The van der Waals surface area contributed by atoms with Gasteiger partial charge in [-0.2, -0.15) is 0 Å². The summed E-state index contributed by atoms with van der Waals surface area (Å²) in [6.07, 6.45) is 1.18. The van der Waals surface area contributed by atoms with Gasteiger partial charge in [0, 0.05) is 31.4 Å². The van der Waals surface area contributed by atoms with Crippen molar-refractivity contribution < 1.29 is 4.74 Å². The number of aromatic amines is 1. The molecule has 2 aromatic carbocycles. The minimum absolute atomic E-state index is 0.615. The fourth-order valence-electron chi connectivity index (χ4n) is 3.32. The number of H-pyrrole nitrogens is 1. The third kappa shape index (κ3) is 3.02. The van der Waals surface area contributed by atoms with Crippen LogP contribution in [0.3, 0.4) is 0 Å². The number of aromatic nitrogens is 2. The van der Waals surface area contributed by atoms with Crippen molar-refractivity contribution in [2.45, 2.75) is 6.42 Å². The lowest BCUT2D eigenvalue weighted by Crippen LogP contribution is -2.22. The number of hydrogen-bond acceptors (Lipinski definition) is 4. The average molecular weight is 322 g/mol. The molecule has 1 atom stereocenters. The highest BCUT2D eigenvalue weighted by molar-refractivity contribution is 5.77. The number of benzene rings is 2. The van der Waals surface area contributed by atoms with Gasteiger partial charge in [0.15, 0.2) is 0 Å². The number of rotatable bonds is 5. The van der Waals surface area contributed by atoms with E-state index in [4.69, 9.17) is 4.74 Å². The summed E-state index contributed by atoms with van der Waals surface area (Å²) in [4.78, 5) is 10.3. The van der Waals surface area contributed by atoms with Gasteiger partial charge in [-0.1, -0.05) is 18.2 Å². The Bertz CT molecular complexity index is 796. The average Bonchev–Trinajstić information content (AvgIpc) is 3.26. The molecule has 2 N–H and O–H groups in total. The van der Waals surface area contributed by atoms with Crippen molar-refractivity contribution in [2.75, 3.05) is 37.0 Å². The van der Waals surface area contributed by atoms with E-state index in [1.54, 1.807) is 7.11 Å². The molecule has 24 heavy (non-hydrogen) atoms. The summed E-state index contributed by atoms with van der Waals surface area (Å²) in [6, 6.07) is 16.4. The zero-order valence-electron chi connectivity index (χ0n) is 13.8. The summed E-state index contributed by atoms with van der Waals surface area (Å²) in [7, 11) is 1.71. The molecular weight excluding hydrogens is 300 g/mol. The molecule has 0 bridgehead atoms. The molecule has 0 radical (unpaired) electrons. The summed E-state index contributed by atoms with van der Waals surface area (Å²) < 4.78 is 5.32. The molecule has 2 heterocycles.